The van der Waals surface area contributed by atoms with Crippen LogP contribution in [-0.4, -0.2) is 50.9 Å². The van der Waals surface area contributed by atoms with Crippen LogP contribution in [0.5, 0.6) is 0 Å². The summed E-state index contributed by atoms with van der Waals surface area (Å²) in [7, 11) is -3.59. The highest BCUT2D eigenvalue weighted by Crippen LogP contribution is 2.21. The molecule has 150 valence electrons. The topological polar surface area (TPSA) is 78.5 Å². The maximum atomic E-state index is 12.6. The van der Waals surface area contributed by atoms with Gasteiger partial charge in [-0.15, -0.1) is 0 Å². The van der Waals surface area contributed by atoms with E-state index in [1.54, 1.807) is 18.2 Å². The lowest BCUT2D eigenvalue weighted by atomic mass is 10.1. The fraction of sp³-hybridized carbons (Fsp3) is 0.650. The number of hydrogen-bond acceptors (Lipinski definition) is 4. The number of hydrogen-bond donors (Lipinski definition) is 2. The summed E-state index contributed by atoms with van der Waals surface area (Å²) in [5.74, 6) is -0.217. The van der Waals surface area contributed by atoms with Gasteiger partial charge in [0.1, 0.15) is 0 Å². The smallest absolute Gasteiger partial charge is 0.251 e. The molecule has 1 atom stereocenters. The van der Waals surface area contributed by atoms with Crippen molar-refractivity contribution in [3.05, 3.63) is 29.8 Å². The highest BCUT2D eigenvalue weighted by atomic mass is 32.2. The molecule has 1 saturated heterocycles. The standard InChI is InChI=1S/C20H31N3O3S/c1-2-18(23-12-5-6-13-23)15-21-20(24)16-8-7-11-19(14-16)27(25,26)22-17-9-3-4-10-17/h7-8,11,14,17-18,22H,2-6,9-10,12-13,15H2,1H3,(H,21,24). The molecular formula is C20H31N3O3S. The summed E-state index contributed by atoms with van der Waals surface area (Å²) in [4.78, 5) is 15.1. The molecule has 3 rings (SSSR count). The van der Waals surface area contributed by atoms with Crippen molar-refractivity contribution in [2.24, 2.45) is 0 Å². The lowest BCUT2D eigenvalue weighted by molar-refractivity contribution is 0.0937. The SMILES string of the molecule is CCC(CNC(=O)c1cccc(S(=O)(=O)NC2CCCC2)c1)N1CCCC1. The Balaban J connectivity index is 1.62. The lowest BCUT2D eigenvalue weighted by Crippen LogP contribution is -2.42. The Morgan fingerprint density at radius 1 is 1.19 bits per heavy atom. The minimum absolute atomic E-state index is 0.0123. The second kappa shape index (κ2) is 9.17. The van der Waals surface area contributed by atoms with E-state index in [9.17, 15) is 13.2 Å². The minimum atomic E-state index is -3.59. The number of amides is 1. The van der Waals surface area contributed by atoms with E-state index in [1.807, 2.05) is 0 Å². The van der Waals surface area contributed by atoms with E-state index >= 15 is 0 Å². The molecule has 1 heterocycles. The molecule has 27 heavy (non-hydrogen) atoms. The van der Waals surface area contributed by atoms with Crippen LogP contribution in [0, 0.1) is 0 Å². The number of benzene rings is 1. The van der Waals surface area contributed by atoms with Gasteiger partial charge in [-0.05, 0) is 63.4 Å². The van der Waals surface area contributed by atoms with Gasteiger partial charge in [-0.25, -0.2) is 13.1 Å². The summed E-state index contributed by atoms with van der Waals surface area (Å²) in [6.45, 7) is 4.91. The number of carbonyl (C=O) groups is 1. The summed E-state index contributed by atoms with van der Waals surface area (Å²) in [5.41, 5.74) is 0.389. The van der Waals surface area contributed by atoms with Gasteiger partial charge in [-0.3, -0.25) is 9.69 Å². The summed E-state index contributed by atoms with van der Waals surface area (Å²) < 4.78 is 28.0. The van der Waals surface area contributed by atoms with E-state index in [0.29, 0.717) is 18.2 Å². The largest absolute Gasteiger partial charge is 0.350 e. The van der Waals surface area contributed by atoms with Gasteiger partial charge in [0.15, 0.2) is 0 Å². The van der Waals surface area contributed by atoms with Crippen molar-refractivity contribution in [3.8, 4) is 0 Å². The van der Waals surface area contributed by atoms with Crippen LogP contribution in [0.4, 0.5) is 0 Å². The zero-order chi connectivity index (χ0) is 19.3. The van der Waals surface area contributed by atoms with Crippen LogP contribution in [0.3, 0.4) is 0 Å². The molecule has 1 amide bonds. The zero-order valence-electron chi connectivity index (χ0n) is 16.1. The average molecular weight is 394 g/mol. The number of nitrogens with zero attached hydrogens (tertiary/aromatic N) is 1. The van der Waals surface area contributed by atoms with Crippen LogP contribution >= 0.6 is 0 Å². The third-order valence-electron chi connectivity index (χ3n) is 5.71. The fourth-order valence-electron chi connectivity index (χ4n) is 4.09. The Kier molecular flexibility index (Phi) is 6.89. The van der Waals surface area contributed by atoms with Crippen molar-refractivity contribution in [3.63, 3.8) is 0 Å². The van der Waals surface area contributed by atoms with Gasteiger partial charge in [-0.1, -0.05) is 25.8 Å². The van der Waals surface area contributed by atoms with Gasteiger partial charge in [0.2, 0.25) is 10.0 Å². The molecule has 1 aromatic carbocycles. The highest BCUT2D eigenvalue weighted by Gasteiger charge is 2.24. The highest BCUT2D eigenvalue weighted by molar-refractivity contribution is 7.89. The normalized spacial score (nSPS) is 20.0. The molecule has 6 nitrogen and oxygen atoms in total. The summed E-state index contributed by atoms with van der Waals surface area (Å²) in [6.07, 6.45) is 7.32. The van der Waals surface area contributed by atoms with Gasteiger partial charge in [0.25, 0.3) is 5.91 Å². The second-order valence-electron chi connectivity index (χ2n) is 7.65. The monoisotopic (exact) mass is 393 g/mol. The first-order valence-corrected chi connectivity index (χ1v) is 11.6. The molecule has 0 spiro atoms. The van der Waals surface area contributed by atoms with Crippen molar-refractivity contribution < 1.29 is 13.2 Å². The van der Waals surface area contributed by atoms with Crippen LogP contribution in [-0.2, 0) is 10.0 Å². The quantitative estimate of drug-likeness (QED) is 0.711. The van der Waals surface area contributed by atoms with Gasteiger partial charge in [0, 0.05) is 24.2 Å². The number of carbonyl (C=O) groups excluding carboxylic acids is 1. The van der Waals surface area contributed by atoms with Crippen LogP contribution < -0.4 is 10.0 Å². The Bertz CT molecular complexity index is 739. The van der Waals surface area contributed by atoms with E-state index in [-0.39, 0.29) is 16.8 Å². The van der Waals surface area contributed by atoms with Gasteiger partial charge in [-0.2, -0.15) is 0 Å². The van der Waals surface area contributed by atoms with Crippen molar-refractivity contribution in [1.29, 1.82) is 0 Å². The Morgan fingerprint density at radius 2 is 1.89 bits per heavy atom. The maximum absolute atomic E-state index is 12.6. The Morgan fingerprint density at radius 3 is 2.56 bits per heavy atom. The first-order chi connectivity index (χ1) is 13.0. The predicted molar refractivity (Wildman–Crippen MR) is 106 cm³/mol. The molecule has 2 aliphatic rings. The molecule has 0 aromatic heterocycles. The third kappa shape index (κ3) is 5.30. The first kappa shape index (κ1) is 20.3. The fourth-order valence-corrected chi connectivity index (χ4v) is 5.44. The maximum Gasteiger partial charge on any atom is 0.251 e. The molecule has 1 unspecified atom stereocenters. The lowest BCUT2D eigenvalue weighted by Gasteiger charge is -2.26. The van der Waals surface area contributed by atoms with Gasteiger partial charge < -0.3 is 5.32 Å². The van der Waals surface area contributed by atoms with Crippen molar-refractivity contribution in [1.82, 2.24) is 14.9 Å². The van der Waals surface area contributed by atoms with E-state index < -0.39 is 10.0 Å². The molecular weight excluding hydrogens is 362 g/mol. The van der Waals surface area contributed by atoms with E-state index in [4.69, 9.17) is 0 Å². The molecule has 1 aromatic rings. The molecule has 2 fully saturated rings. The van der Waals surface area contributed by atoms with Gasteiger partial charge in [0.05, 0.1) is 4.90 Å². The molecule has 2 N–H and O–H groups in total. The first-order valence-electron chi connectivity index (χ1n) is 10.1. The molecule has 7 heteroatoms. The van der Waals surface area contributed by atoms with Crippen LogP contribution in [0.25, 0.3) is 0 Å². The van der Waals surface area contributed by atoms with E-state index in [0.717, 1.165) is 45.2 Å². The molecule has 1 aliphatic heterocycles. The zero-order valence-corrected chi connectivity index (χ0v) is 16.9. The number of sulfonamides is 1. The van der Waals surface area contributed by atoms with Crippen molar-refractivity contribution in [2.45, 2.75) is 68.8 Å². The molecule has 0 radical (unpaired) electrons. The van der Waals surface area contributed by atoms with Crippen LogP contribution in [0.15, 0.2) is 29.2 Å². The molecule has 0 bridgehead atoms. The minimum Gasteiger partial charge on any atom is -0.350 e. The second-order valence-corrected chi connectivity index (χ2v) is 9.36. The molecule has 1 saturated carbocycles. The number of rotatable bonds is 8. The Labute approximate surface area is 162 Å². The van der Waals surface area contributed by atoms with E-state index in [1.165, 1.54) is 18.9 Å². The summed E-state index contributed by atoms with van der Waals surface area (Å²) in [5, 5.41) is 2.98. The summed E-state index contributed by atoms with van der Waals surface area (Å²) in [6, 6.07) is 6.68. The van der Waals surface area contributed by atoms with Crippen molar-refractivity contribution >= 4 is 15.9 Å². The number of likely N-dealkylation sites (tertiary alicyclic amines) is 1. The predicted octanol–water partition coefficient (Wildman–Crippen LogP) is 2.51. The van der Waals surface area contributed by atoms with Crippen LogP contribution in [0.1, 0.15) is 62.2 Å². The molecule has 1 aliphatic carbocycles. The van der Waals surface area contributed by atoms with Crippen LogP contribution in [0.2, 0.25) is 0 Å². The number of nitrogens with one attached hydrogen (secondary N) is 2. The van der Waals surface area contributed by atoms with Gasteiger partial charge >= 0.3 is 0 Å². The Hall–Kier alpha value is -1.44. The average Bonchev–Trinajstić information content (AvgIpc) is 3.36. The summed E-state index contributed by atoms with van der Waals surface area (Å²) >= 11 is 0. The third-order valence-corrected chi connectivity index (χ3v) is 7.23. The van der Waals surface area contributed by atoms with Crippen molar-refractivity contribution in [2.75, 3.05) is 19.6 Å². The van der Waals surface area contributed by atoms with E-state index in [2.05, 4.69) is 21.9 Å².